The van der Waals surface area contributed by atoms with Crippen LogP contribution < -0.4 is 10.9 Å². The van der Waals surface area contributed by atoms with Crippen molar-refractivity contribution in [1.82, 2.24) is 19.5 Å². The van der Waals surface area contributed by atoms with E-state index in [1.54, 1.807) is 13.2 Å². The van der Waals surface area contributed by atoms with Crippen LogP contribution in [0.5, 0.6) is 0 Å². The Morgan fingerprint density at radius 3 is 2.80 bits per heavy atom. The lowest BCUT2D eigenvalue weighted by Crippen LogP contribution is -2.24. The number of hydrogen-bond acceptors (Lipinski definition) is 5. The maximum absolute atomic E-state index is 11.9. The van der Waals surface area contributed by atoms with Gasteiger partial charge in [0, 0.05) is 13.1 Å². The molecule has 0 aliphatic heterocycles. The van der Waals surface area contributed by atoms with Gasteiger partial charge < -0.3 is 5.32 Å². The maximum Gasteiger partial charge on any atom is 0.285 e. The summed E-state index contributed by atoms with van der Waals surface area (Å²) in [5.41, 5.74) is 0.958. The molecule has 20 heavy (non-hydrogen) atoms. The fraction of sp³-hybridized carbons (Fsp3) is 0.538. The SMILES string of the molecule is Cn1c(=O)c(Br)nc2cnc(NC3CCCCC3)nc21. The zero-order valence-electron chi connectivity index (χ0n) is 11.3. The zero-order valence-corrected chi connectivity index (χ0v) is 12.9. The van der Waals surface area contributed by atoms with Crippen LogP contribution in [0.4, 0.5) is 5.95 Å². The van der Waals surface area contributed by atoms with E-state index in [2.05, 4.69) is 36.2 Å². The van der Waals surface area contributed by atoms with E-state index < -0.39 is 0 Å². The van der Waals surface area contributed by atoms with Crippen molar-refractivity contribution >= 4 is 33.0 Å². The number of aromatic nitrogens is 4. The molecule has 1 N–H and O–H groups in total. The van der Waals surface area contributed by atoms with Crippen LogP contribution in [0.15, 0.2) is 15.6 Å². The number of halogens is 1. The first-order valence-corrected chi connectivity index (χ1v) is 7.60. The predicted molar refractivity (Wildman–Crippen MR) is 80.8 cm³/mol. The number of fused-ring (bicyclic) bond motifs is 1. The summed E-state index contributed by atoms with van der Waals surface area (Å²) in [5, 5.41) is 3.36. The number of rotatable bonds is 2. The van der Waals surface area contributed by atoms with E-state index in [-0.39, 0.29) is 10.2 Å². The molecule has 0 spiro atoms. The summed E-state index contributed by atoms with van der Waals surface area (Å²) in [6.07, 6.45) is 7.76. The summed E-state index contributed by atoms with van der Waals surface area (Å²) in [5.74, 6) is 0.573. The van der Waals surface area contributed by atoms with Crippen molar-refractivity contribution in [3.05, 3.63) is 21.2 Å². The van der Waals surface area contributed by atoms with Gasteiger partial charge in [-0.05, 0) is 28.8 Å². The molecule has 0 aromatic carbocycles. The molecule has 1 aliphatic rings. The molecular formula is C13H16BrN5O. The van der Waals surface area contributed by atoms with Crippen LogP contribution in [0.2, 0.25) is 0 Å². The molecule has 6 nitrogen and oxygen atoms in total. The molecule has 2 aromatic rings. The van der Waals surface area contributed by atoms with Gasteiger partial charge >= 0.3 is 0 Å². The van der Waals surface area contributed by atoms with E-state index in [4.69, 9.17) is 0 Å². The van der Waals surface area contributed by atoms with Crippen molar-refractivity contribution in [2.24, 2.45) is 7.05 Å². The third-order valence-electron chi connectivity index (χ3n) is 3.71. The van der Waals surface area contributed by atoms with Gasteiger partial charge in [0.25, 0.3) is 5.56 Å². The minimum atomic E-state index is -0.195. The van der Waals surface area contributed by atoms with Crippen LogP contribution in [-0.4, -0.2) is 25.6 Å². The van der Waals surface area contributed by atoms with Gasteiger partial charge in [0.1, 0.15) is 5.52 Å². The number of nitrogens with zero attached hydrogens (tertiary/aromatic N) is 4. The molecule has 0 atom stereocenters. The molecule has 2 heterocycles. The third-order valence-corrected chi connectivity index (χ3v) is 4.22. The van der Waals surface area contributed by atoms with Gasteiger partial charge in [0.05, 0.1) is 6.20 Å². The molecule has 0 radical (unpaired) electrons. The van der Waals surface area contributed by atoms with E-state index in [1.807, 2.05) is 0 Å². The van der Waals surface area contributed by atoms with Crippen LogP contribution in [-0.2, 0) is 7.05 Å². The van der Waals surface area contributed by atoms with E-state index in [1.165, 1.54) is 23.8 Å². The fourth-order valence-electron chi connectivity index (χ4n) is 2.58. The molecule has 106 valence electrons. The van der Waals surface area contributed by atoms with Gasteiger partial charge in [0.15, 0.2) is 10.3 Å². The summed E-state index contributed by atoms with van der Waals surface area (Å²) >= 11 is 3.15. The first-order chi connectivity index (χ1) is 9.65. The summed E-state index contributed by atoms with van der Waals surface area (Å²) in [7, 11) is 1.69. The van der Waals surface area contributed by atoms with Crippen LogP contribution in [0, 0.1) is 0 Å². The highest BCUT2D eigenvalue weighted by atomic mass is 79.9. The third kappa shape index (κ3) is 2.54. The first kappa shape index (κ1) is 13.5. The van der Waals surface area contributed by atoms with E-state index >= 15 is 0 Å². The topological polar surface area (TPSA) is 72.7 Å². The van der Waals surface area contributed by atoms with E-state index in [0.29, 0.717) is 23.2 Å². The van der Waals surface area contributed by atoms with Gasteiger partial charge in [-0.3, -0.25) is 9.36 Å². The Hall–Kier alpha value is -1.50. The van der Waals surface area contributed by atoms with Gasteiger partial charge in [0.2, 0.25) is 5.95 Å². The highest BCUT2D eigenvalue weighted by Crippen LogP contribution is 2.20. The summed E-state index contributed by atoms with van der Waals surface area (Å²) in [4.78, 5) is 24.7. The summed E-state index contributed by atoms with van der Waals surface area (Å²) in [6.45, 7) is 0. The van der Waals surface area contributed by atoms with Crippen molar-refractivity contribution in [2.75, 3.05) is 5.32 Å². The molecule has 2 aromatic heterocycles. The van der Waals surface area contributed by atoms with Crippen LogP contribution in [0.1, 0.15) is 32.1 Å². The number of nitrogens with one attached hydrogen (secondary N) is 1. The molecular weight excluding hydrogens is 322 g/mol. The Kier molecular flexibility index (Phi) is 3.69. The summed E-state index contributed by atoms with van der Waals surface area (Å²) < 4.78 is 1.77. The number of hydrogen-bond donors (Lipinski definition) is 1. The molecule has 0 saturated heterocycles. The van der Waals surface area contributed by atoms with Crippen LogP contribution >= 0.6 is 15.9 Å². The normalized spacial score (nSPS) is 16.5. The zero-order chi connectivity index (χ0) is 14.1. The second kappa shape index (κ2) is 5.47. The second-order valence-electron chi connectivity index (χ2n) is 5.15. The predicted octanol–water partition coefficient (Wildman–Crippen LogP) is 2.23. The Bertz CT molecular complexity index is 693. The molecule has 1 aliphatic carbocycles. The lowest BCUT2D eigenvalue weighted by Gasteiger charge is -2.22. The van der Waals surface area contributed by atoms with Gasteiger partial charge in [-0.25, -0.2) is 9.97 Å². The Balaban J connectivity index is 1.95. The molecule has 1 saturated carbocycles. The first-order valence-electron chi connectivity index (χ1n) is 6.81. The largest absolute Gasteiger partial charge is 0.351 e. The summed E-state index contributed by atoms with van der Waals surface area (Å²) in [6, 6.07) is 0.432. The van der Waals surface area contributed by atoms with Crippen molar-refractivity contribution in [2.45, 2.75) is 38.1 Å². The molecule has 0 unspecified atom stereocenters. The highest BCUT2D eigenvalue weighted by molar-refractivity contribution is 9.10. The minimum absolute atomic E-state index is 0.195. The highest BCUT2D eigenvalue weighted by Gasteiger charge is 2.15. The van der Waals surface area contributed by atoms with Gasteiger partial charge in [-0.15, -0.1) is 0 Å². The van der Waals surface area contributed by atoms with Crippen molar-refractivity contribution < 1.29 is 0 Å². The van der Waals surface area contributed by atoms with Crippen molar-refractivity contribution in [3.8, 4) is 0 Å². The molecule has 3 rings (SSSR count). The van der Waals surface area contributed by atoms with Gasteiger partial charge in [-0.1, -0.05) is 19.3 Å². The molecule has 7 heteroatoms. The Labute approximate surface area is 124 Å². The average molecular weight is 338 g/mol. The average Bonchev–Trinajstić information content (AvgIpc) is 2.47. The lowest BCUT2D eigenvalue weighted by atomic mass is 9.96. The fourth-order valence-corrected chi connectivity index (χ4v) is 3.04. The molecule has 1 fully saturated rings. The molecule has 0 amide bonds. The van der Waals surface area contributed by atoms with E-state index in [9.17, 15) is 4.79 Å². The van der Waals surface area contributed by atoms with Crippen molar-refractivity contribution in [1.29, 1.82) is 0 Å². The molecule has 0 bridgehead atoms. The maximum atomic E-state index is 11.9. The monoisotopic (exact) mass is 337 g/mol. The van der Waals surface area contributed by atoms with Gasteiger partial charge in [-0.2, -0.15) is 4.98 Å². The number of aryl methyl sites for hydroxylation is 1. The second-order valence-corrected chi connectivity index (χ2v) is 5.90. The van der Waals surface area contributed by atoms with Crippen LogP contribution in [0.25, 0.3) is 11.2 Å². The lowest BCUT2D eigenvalue weighted by molar-refractivity contribution is 0.461. The van der Waals surface area contributed by atoms with Crippen molar-refractivity contribution in [3.63, 3.8) is 0 Å². The Morgan fingerprint density at radius 1 is 1.30 bits per heavy atom. The Morgan fingerprint density at radius 2 is 2.05 bits per heavy atom. The van der Waals surface area contributed by atoms with Crippen LogP contribution in [0.3, 0.4) is 0 Å². The number of anilines is 1. The standard InChI is InChI=1S/C13H16BrN5O/c1-19-11-9(17-10(14)12(19)20)7-15-13(18-11)16-8-5-3-2-4-6-8/h7-8H,2-6H2,1H3,(H,15,16,18). The van der Waals surface area contributed by atoms with E-state index in [0.717, 1.165) is 12.8 Å². The minimum Gasteiger partial charge on any atom is -0.351 e. The smallest absolute Gasteiger partial charge is 0.285 e. The quantitative estimate of drug-likeness (QED) is 0.909.